The molecular weight excluding hydrogens is 314 g/mol. The molecule has 0 aliphatic carbocycles. The number of benzene rings is 1. The van der Waals surface area contributed by atoms with Gasteiger partial charge in [0.2, 0.25) is 11.8 Å². The number of carbonyl (C=O) groups excluding carboxylic acids is 2. The first-order chi connectivity index (χ1) is 12.1. The molecule has 0 bridgehead atoms. The van der Waals surface area contributed by atoms with Gasteiger partial charge in [0.25, 0.3) is 0 Å². The van der Waals surface area contributed by atoms with E-state index in [0.29, 0.717) is 18.4 Å². The summed E-state index contributed by atoms with van der Waals surface area (Å²) in [4.78, 5) is 27.6. The molecule has 0 unspecified atom stereocenters. The fraction of sp³-hybridized carbons (Fsp3) is 0.600. The number of rotatable bonds is 2. The van der Waals surface area contributed by atoms with Crippen molar-refractivity contribution in [2.24, 2.45) is 0 Å². The van der Waals surface area contributed by atoms with Gasteiger partial charge in [-0.25, -0.2) is 0 Å². The molecule has 0 radical (unpaired) electrons. The van der Waals surface area contributed by atoms with E-state index >= 15 is 0 Å². The molecule has 0 aromatic heterocycles. The first-order valence-corrected chi connectivity index (χ1v) is 9.52. The molecule has 1 aromatic rings. The lowest BCUT2D eigenvalue weighted by Crippen LogP contribution is -2.48. The number of fused-ring (bicyclic) bond motifs is 1. The number of nitrogens with zero attached hydrogens (tertiary/aromatic N) is 2. The van der Waals surface area contributed by atoms with Crippen LogP contribution in [0, 0.1) is 0 Å². The molecule has 3 aliphatic heterocycles. The molecule has 3 heterocycles. The molecule has 1 aromatic carbocycles. The zero-order chi connectivity index (χ0) is 17.4. The summed E-state index contributed by atoms with van der Waals surface area (Å²) in [5, 5.41) is 2.91. The standard InChI is InChI=1S/C20H27N3O2/c1-14(24)22-10-6-18(7-11-22)23-8-4-15(5-9-23)16-2-3-19-17(12-16)13-20(25)21-19/h2-3,12,15,18H,4-11,13H2,1H3,(H,21,25). The van der Waals surface area contributed by atoms with Crippen molar-refractivity contribution >= 4 is 17.5 Å². The molecule has 134 valence electrons. The number of hydrogen-bond acceptors (Lipinski definition) is 3. The summed E-state index contributed by atoms with van der Waals surface area (Å²) >= 11 is 0. The zero-order valence-corrected chi connectivity index (χ0v) is 15.0. The molecule has 5 heteroatoms. The van der Waals surface area contributed by atoms with Crippen LogP contribution in [-0.2, 0) is 16.0 Å². The Balaban J connectivity index is 1.32. The molecule has 3 aliphatic rings. The van der Waals surface area contributed by atoms with E-state index in [9.17, 15) is 9.59 Å². The lowest BCUT2D eigenvalue weighted by atomic mass is 9.87. The maximum Gasteiger partial charge on any atom is 0.228 e. The SMILES string of the molecule is CC(=O)N1CCC(N2CCC(c3ccc4c(c3)CC(=O)N4)CC2)CC1. The largest absolute Gasteiger partial charge is 0.343 e. The number of carbonyl (C=O) groups is 2. The Bertz CT molecular complexity index is 672. The van der Waals surface area contributed by atoms with Gasteiger partial charge in [-0.1, -0.05) is 12.1 Å². The number of nitrogens with one attached hydrogen (secondary N) is 1. The molecular formula is C20H27N3O2. The fourth-order valence-corrected chi connectivity index (χ4v) is 4.65. The van der Waals surface area contributed by atoms with Gasteiger partial charge in [-0.3, -0.25) is 9.59 Å². The van der Waals surface area contributed by atoms with Crippen molar-refractivity contribution in [2.75, 3.05) is 31.5 Å². The maximum atomic E-state index is 11.5. The average Bonchev–Trinajstić information content (AvgIpc) is 3.01. The van der Waals surface area contributed by atoms with Crippen LogP contribution >= 0.6 is 0 Å². The minimum absolute atomic E-state index is 0.110. The molecule has 0 saturated carbocycles. The van der Waals surface area contributed by atoms with E-state index in [1.54, 1.807) is 6.92 Å². The van der Waals surface area contributed by atoms with Crippen molar-refractivity contribution in [2.45, 2.75) is 51.0 Å². The second-order valence-corrected chi connectivity index (χ2v) is 7.69. The summed E-state index contributed by atoms with van der Waals surface area (Å²) < 4.78 is 0. The van der Waals surface area contributed by atoms with E-state index in [2.05, 4.69) is 28.4 Å². The van der Waals surface area contributed by atoms with Gasteiger partial charge in [-0.15, -0.1) is 0 Å². The van der Waals surface area contributed by atoms with E-state index in [1.807, 2.05) is 4.90 Å². The van der Waals surface area contributed by atoms with Crippen LogP contribution in [0.2, 0.25) is 0 Å². The highest BCUT2D eigenvalue weighted by Crippen LogP contribution is 2.33. The Hall–Kier alpha value is -1.88. The number of amides is 2. The highest BCUT2D eigenvalue weighted by Gasteiger charge is 2.29. The third-order valence-corrected chi connectivity index (χ3v) is 6.18. The predicted molar refractivity (Wildman–Crippen MR) is 97.6 cm³/mol. The van der Waals surface area contributed by atoms with E-state index in [4.69, 9.17) is 0 Å². The number of hydrogen-bond donors (Lipinski definition) is 1. The van der Waals surface area contributed by atoms with Gasteiger partial charge in [-0.05, 0) is 61.9 Å². The Kier molecular flexibility index (Phi) is 4.50. The van der Waals surface area contributed by atoms with Crippen LogP contribution < -0.4 is 5.32 Å². The second kappa shape index (κ2) is 6.79. The fourth-order valence-electron chi connectivity index (χ4n) is 4.65. The smallest absolute Gasteiger partial charge is 0.228 e. The van der Waals surface area contributed by atoms with Gasteiger partial charge in [0.1, 0.15) is 0 Å². The number of piperidine rings is 2. The van der Waals surface area contributed by atoms with Gasteiger partial charge >= 0.3 is 0 Å². The van der Waals surface area contributed by atoms with Gasteiger partial charge in [-0.2, -0.15) is 0 Å². The number of anilines is 1. The second-order valence-electron chi connectivity index (χ2n) is 7.69. The minimum atomic E-state index is 0.110. The third kappa shape index (κ3) is 3.43. The van der Waals surface area contributed by atoms with Crippen molar-refractivity contribution in [3.8, 4) is 0 Å². The molecule has 0 atom stereocenters. The van der Waals surface area contributed by atoms with Crippen LogP contribution in [0.25, 0.3) is 0 Å². The summed E-state index contributed by atoms with van der Waals surface area (Å²) in [5.74, 6) is 0.926. The molecule has 0 spiro atoms. The summed E-state index contributed by atoms with van der Waals surface area (Å²) in [6, 6.07) is 7.13. The average molecular weight is 341 g/mol. The third-order valence-electron chi connectivity index (χ3n) is 6.18. The molecule has 2 amide bonds. The van der Waals surface area contributed by atoms with Gasteiger partial charge in [0.15, 0.2) is 0 Å². The van der Waals surface area contributed by atoms with Crippen molar-refractivity contribution in [3.63, 3.8) is 0 Å². The van der Waals surface area contributed by atoms with E-state index < -0.39 is 0 Å². The van der Waals surface area contributed by atoms with Crippen LogP contribution in [0.5, 0.6) is 0 Å². The molecule has 4 rings (SSSR count). The normalized spacial score (nSPS) is 22.8. The lowest BCUT2D eigenvalue weighted by molar-refractivity contribution is -0.130. The first-order valence-electron chi connectivity index (χ1n) is 9.52. The molecule has 2 saturated heterocycles. The van der Waals surface area contributed by atoms with Crippen LogP contribution in [0.4, 0.5) is 5.69 Å². The van der Waals surface area contributed by atoms with Crippen molar-refractivity contribution in [1.82, 2.24) is 9.80 Å². The van der Waals surface area contributed by atoms with Gasteiger partial charge in [0, 0.05) is 31.7 Å². The van der Waals surface area contributed by atoms with Crippen LogP contribution in [0.3, 0.4) is 0 Å². The highest BCUT2D eigenvalue weighted by atomic mass is 16.2. The zero-order valence-electron chi connectivity index (χ0n) is 15.0. The van der Waals surface area contributed by atoms with Crippen molar-refractivity contribution < 1.29 is 9.59 Å². The summed E-state index contributed by atoms with van der Waals surface area (Å²) in [6.07, 6.45) is 5.12. The minimum Gasteiger partial charge on any atom is -0.343 e. The van der Waals surface area contributed by atoms with Gasteiger partial charge < -0.3 is 15.1 Å². The molecule has 2 fully saturated rings. The summed E-state index contributed by atoms with van der Waals surface area (Å²) in [6.45, 7) is 5.77. The topological polar surface area (TPSA) is 52.7 Å². The van der Waals surface area contributed by atoms with Gasteiger partial charge in [0.05, 0.1) is 6.42 Å². The predicted octanol–water partition coefficient (Wildman–Crippen LogP) is 2.37. The molecule has 1 N–H and O–H groups in total. The Morgan fingerprint density at radius 1 is 1.08 bits per heavy atom. The quantitative estimate of drug-likeness (QED) is 0.898. The monoisotopic (exact) mass is 341 g/mol. The number of likely N-dealkylation sites (tertiary alicyclic amines) is 2. The lowest BCUT2D eigenvalue weighted by Gasteiger charge is -2.41. The Morgan fingerprint density at radius 2 is 1.80 bits per heavy atom. The summed E-state index contributed by atoms with van der Waals surface area (Å²) in [5.41, 5.74) is 3.53. The Labute approximate surface area is 149 Å². The van der Waals surface area contributed by atoms with Crippen molar-refractivity contribution in [3.05, 3.63) is 29.3 Å². The maximum absolute atomic E-state index is 11.5. The van der Waals surface area contributed by atoms with Crippen LogP contribution in [-0.4, -0.2) is 53.8 Å². The van der Waals surface area contributed by atoms with E-state index in [-0.39, 0.29) is 11.8 Å². The Morgan fingerprint density at radius 3 is 2.48 bits per heavy atom. The summed E-state index contributed by atoms with van der Waals surface area (Å²) in [7, 11) is 0. The van der Waals surface area contributed by atoms with Crippen LogP contribution in [0.15, 0.2) is 18.2 Å². The van der Waals surface area contributed by atoms with E-state index in [1.165, 1.54) is 18.4 Å². The van der Waals surface area contributed by atoms with Crippen molar-refractivity contribution in [1.29, 1.82) is 0 Å². The highest BCUT2D eigenvalue weighted by molar-refractivity contribution is 5.99. The van der Waals surface area contributed by atoms with Crippen LogP contribution in [0.1, 0.15) is 49.7 Å². The molecule has 25 heavy (non-hydrogen) atoms. The molecule has 5 nitrogen and oxygen atoms in total. The van der Waals surface area contributed by atoms with E-state index in [0.717, 1.165) is 50.3 Å². The first kappa shape index (κ1) is 16.6.